The molecule has 1 atom stereocenters. The number of nitrogens with one attached hydrogen (secondary N) is 3. The molecule has 0 fully saturated rings. The molecule has 9 heteroatoms. The summed E-state index contributed by atoms with van der Waals surface area (Å²) < 4.78 is 0. The number of nitrogens with zero attached hydrogens (tertiary/aromatic N) is 3. The molecule has 2 heterocycles. The molecule has 140 valence electrons. The van der Waals surface area contributed by atoms with Crippen molar-refractivity contribution in [1.29, 1.82) is 0 Å². The number of hydrogen-bond donors (Lipinski definition) is 3. The number of anilines is 2. The van der Waals surface area contributed by atoms with Crippen LogP contribution in [0.4, 0.5) is 16.6 Å². The highest BCUT2D eigenvalue weighted by Gasteiger charge is 2.13. The molecular formula is C18H19ClN6O2. The first-order valence-electron chi connectivity index (χ1n) is 8.24. The summed E-state index contributed by atoms with van der Waals surface area (Å²) in [5, 5.41) is 7.15. The molecule has 0 saturated heterocycles. The third-order valence-electron chi connectivity index (χ3n) is 3.94. The number of benzene rings is 1. The van der Waals surface area contributed by atoms with Crippen LogP contribution in [0.1, 0.15) is 18.5 Å². The van der Waals surface area contributed by atoms with E-state index in [1.54, 1.807) is 44.4 Å². The predicted octanol–water partition coefficient (Wildman–Crippen LogP) is 3.24. The minimum atomic E-state index is -0.364. The first-order chi connectivity index (χ1) is 12.8. The van der Waals surface area contributed by atoms with Gasteiger partial charge in [-0.05, 0) is 37.3 Å². The number of carbonyl (C=O) groups is 1. The number of amides is 2. The number of H-pyrrole nitrogens is 1. The van der Waals surface area contributed by atoms with Gasteiger partial charge in [0.25, 0.3) is 5.56 Å². The molecule has 0 spiro atoms. The van der Waals surface area contributed by atoms with Crippen LogP contribution in [-0.4, -0.2) is 40.0 Å². The van der Waals surface area contributed by atoms with E-state index in [2.05, 4.69) is 25.6 Å². The van der Waals surface area contributed by atoms with Crippen molar-refractivity contribution in [3.05, 3.63) is 57.5 Å². The second-order valence-corrected chi connectivity index (χ2v) is 6.68. The van der Waals surface area contributed by atoms with E-state index in [1.807, 2.05) is 6.92 Å². The molecule has 0 aliphatic carbocycles. The lowest BCUT2D eigenvalue weighted by atomic mass is 10.1. The molecule has 2 amide bonds. The Hall–Kier alpha value is -3.13. The summed E-state index contributed by atoms with van der Waals surface area (Å²) in [4.78, 5) is 36.8. The van der Waals surface area contributed by atoms with Crippen LogP contribution in [0, 0.1) is 0 Å². The van der Waals surface area contributed by atoms with E-state index >= 15 is 0 Å². The first-order valence-corrected chi connectivity index (χ1v) is 8.61. The number of rotatable bonds is 4. The maximum absolute atomic E-state index is 12.4. The average molecular weight is 387 g/mol. The highest BCUT2D eigenvalue weighted by Crippen LogP contribution is 2.21. The van der Waals surface area contributed by atoms with E-state index in [9.17, 15) is 9.59 Å². The minimum absolute atomic E-state index is 0.207. The van der Waals surface area contributed by atoms with Crippen LogP contribution >= 0.6 is 11.6 Å². The average Bonchev–Trinajstić information content (AvgIpc) is 2.61. The summed E-state index contributed by atoms with van der Waals surface area (Å²) in [5.74, 6) is 0.655. The van der Waals surface area contributed by atoms with Gasteiger partial charge in [-0.2, -0.15) is 4.98 Å². The van der Waals surface area contributed by atoms with Gasteiger partial charge in [-0.3, -0.25) is 10.1 Å². The summed E-state index contributed by atoms with van der Waals surface area (Å²) in [6, 6.07) is 7.99. The number of urea groups is 1. The van der Waals surface area contributed by atoms with Gasteiger partial charge in [0.1, 0.15) is 5.82 Å². The van der Waals surface area contributed by atoms with Crippen LogP contribution in [0.25, 0.3) is 10.9 Å². The third kappa shape index (κ3) is 4.35. The van der Waals surface area contributed by atoms with Gasteiger partial charge in [-0.1, -0.05) is 11.6 Å². The zero-order chi connectivity index (χ0) is 19.6. The topological polar surface area (TPSA) is 103 Å². The molecule has 0 aliphatic heterocycles. The zero-order valence-corrected chi connectivity index (χ0v) is 15.8. The van der Waals surface area contributed by atoms with Crippen LogP contribution in [0.15, 0.2) is 41.3 Å². The van der Waals surface area contributed by atoms with Crippen LogP contribution in [-0.2, 0) is 0 Å². The summed E-state index contributed by atoms with van der Waals surface area (Å²) >= 11 is 6.04. The monoisotopic (exact) mass is 386 g/mol. The van der Waals surface area contributed by atoms with Crippen molar-refractivity contribution < 1.29 is 4.79 Å². The standard InChI is InChI=1S/C18H19ClN6O2/c1-10(13-9-11-8-12(19)4-5-14(11)22-16(13)26)21-17-20-7-6-15(23-17)24-18(27)25(2)3/h4-10H,1-3H3,(H,22,26)(H2,20,21,23,24,27)/t10-/m0/s1. The Kier molecular flexibility index (Phi) is 5.27. The van der Waals surface area contributed by atoms with Crippen molar-refractivity contribution in [2.24, 2.45) is 0 Å². The van der Waals surface area contributed by atoms with Gasteiger partial charge in [0.15, 0.2) is 0 Å². The van der Waals surface area contributed by atoms with Crippen LogP contribution < -0.4 is 16.2 Å². The van der Waals surface area contributed by atoms with Crippen molar-refractivity contribution in [2.45, 2.75) is 13.0 Å². The van der Waals surface area contributed by atoms with Crippen molar-refractivity contribution in [1.82, 2.24) is 19.9 Å². The molecule has 2 aromatic heterocycles. The Labute approximate surface area is 160 Å². The van der Waals surface area contributed by atoms with Gasteiger partial charge in [0.2, 0.25) is 5.95 Å². The second kappa shape index (κ2) is 7.63. The lowest BCUT2D eigenvalue weighted by molar-refractivity contribution is 0.230. The summed E-state index contributed by atoms with van der Waals surface area (Å²) in [7, 11) is 3.27. The quantitative estimate of drug-likeness (QED) is 0.638. The molecule has 1 aromatic carbocycles. The molecule has 3 rings (SSSR count). The second-order valence-electron chi connectivity index (χ2n) is 6.24. The Morgan fingerprint density at radius 3 is 2.78 bits per heavy atom. The summed E-state index contributed by atoms with van der Waals surface area (Å²) in [5.41, 5.74) is 1.03. The maximum atomic E-state index is 12.4. The SMILES string of the molecule is C[C@H](Nc1nccc(NC(=O)N(C)C)n1)c1cc2cc(Cl)ccc2[nH]c1=O. The number of fused-ring (bicyclic) bond motifs is 1. The summed E-state index contributed by atoms with van der Waals surface area (Å²) in [6.45, 7) is 1.83. The van der Waals surface area contributed by atoms with Crippen molar-refractivity contribution >= 4 is 40.3 Å². The van der Waals surface area contributed by atoms with E-state index < -0.39 is 0 Å². The number of carbonyl (C=O) groups excluding carboxylic acids is 1. The lowest BCUT2D eigenvalue weighted by Gasteiger charge is -2.15. The zero-order valence-electron chi connectivity index (χ0n) is 15.1. The predicted molar refractivity (Wildman–Crippen MR) is 106 cm³/mol. The Balaban J connectivity index is 1.84. The highest BCUT2D eigenvalue weighted by atomic mass is 35.5. The van der Waals surface area contributed by atoms with E-state index in [0.29, 0.717) is 27.9 Å². The van der Waals surface area contributed by atoms with Crippen LogP contribution in [0.5, 0.6) is 0 Å². The molecule has 0 radical (unpaired) electrons. The number of aromatic amines is 1. The number of aromatic nitrogens is 3. The molecule has 3 aromatic rings. The molecule has 0 saturated carbocycles. The molecule has 8 nitrogen and oxygen atoms in total. The number of halogens is 1. The molecule has 0 bridgehead atoms. The van der Waals surface area contributed by atoms with Crippen molar-refractivity contribution in [3.8, 4) is 0 Å². The Bertz CT molecular complexity index is 1050. The van der Waals surface area contributed by atoms with Crippen molar-refractivity contribution in [3.63, 3.8) is 0 Å². The lowest BCUT2D eigenvalue weighted by Crippen LogP contribution is -2.28. The first kappa shape index (κ1) is 18.7. The van der Waals surface area contributed by atoms with Gasteiger partial charge >= 0.3 is 6.03 Å². The molecular weight excluding hydrogens is 368 g/mol. The smallest absolute Gasteiger partial charge is 0.322 e. The van der Waals surface area contributed by atoms with Gasteiger partial charge in [0.05, 0.1) is 6.04 Å². The van der Waals surface area contributed by atoms with E-state index in [1.165, 1.54) is 11.1 Å². The Morgan fingerprint density at radius 2 is 2.04 bits per heavy atom. The van der Waals surface area contributed by atoms with Gasteiger partial charge < -0.3 is 15.2 Å². The number of hydrogen-bond acceptors (Lipinski definition) is 5. The fourth-order valence-electron chi connectivity index (χ4n) is 2.51. The van der Waals surface area contributed by atoms with Gasteiger partial charge in [-0.25, -0.2) is 9.78 Å². The fourth-order valence-corrected chi connectivity index (χ4v) is 2.69. The molecule has 0 aliphatic rings. The highest BCUT2D eigenvalue weighted by molar-refractivity contribution is 6.31. The normalized spacial score (nSPS) is 11.9. The largest absolute Gasteiger partial charge is 0.347 e. The van der Waals surface area contributed by atoms with Gasteiger partial charge in [-0.15, -0.1) is 0 Å². The van der Waals surface area contributed by atoms with Crippen LogP contribution in [0.2, 0.25) is 5.02 Å². The molecule has 0 unspecified atom stereocenters. The number of pyridine rings is 1. The van der Waals surface area contributed by atoms with Gasteiger partial charge in [0, 0.05) is 41.8 Å². The van der Waals surface area contributed by atoms with Crippen LogP contribution in [0.3, 0.4) is 0 Å². The molecule has 27 heavy (non-hydrogen) atoms. The van der Waals surface area contributed by atoms with Crippen molar-refractivity contribution in [2.75, 3.05) is 24.7 Å². The van der Waals surface area contributed by atoms with E-state index in [-0.39, 0.29) is 17.6 Å². The summed E-state index contributed by atoms with van der Waals surface area (Å²) in [6.07, 6.45) is 1.53. The Morgan fingerprint density at radius 1 is 1.26 bits per heavy atom. The third-order valence-corrected chi connectivity index (χ3v) is 4.18. The minimum Gasteiger partial charge on any atom is -0.347 e. The maximum Gasteiger partial charge on any atom is 0.322 e. The van der Waals surface area contributed by atoms with E-state index in [4.69, 9.17) is 11.6 Å². The van der Waals surface area contributed by atoms with E-state index in [0.717, 1.165) is 5.39 Å². The fraction of sp³-hybridized carbons (Fsp3) is 0.222. The molecule has 3 N–H and O–H groups in total.